The molecule has 0 spiro atoms. The Hall–Kier alpha value is -0.850. The Morgan fingerprint density at radius 2 is 2.00 bits per heavy atom. The molecule has 0 aliphatic heterocycles. The maximum Gasteiger partial charge on any atom is 0.407 e. The number of aliphatic hydroxyl groups excluding tert-OH is 1. The molecule has 0 aliphatic rings. The van der Waals surface area contributed by atoms with Crippen LogP contribution in [0.25, 0.3) is 0 Å². The van der Waals surface area contributed by atoms with E-state index in [4.69, 9.17) is 9.47 Å². The molecule has 0 aromatic heterocycles. The molecule has 0 saturated heterocycles. The van der Waals surface area contributed by atoms with Crippen molar-refractivity contribution >= 4 is 6.09 Å². The molecule has 19 heavy (non-hydrogen) atoms. The number of amides is 1. The molecule has 2 unspecified atom stereocenters. The number of carbonyl (C=O) groups is 1. The van der Waals surface area contributed by atoms with Crippen LogP contribution in [0, 0.1) is 0 Å². The zero-order valence-corrected chi connectivity index (χ0v) is 12.7. The highest BCUT2D eigenvalue weighted by Crippen LogP contribution is 2.06. The predicted octanol–water partition coefficient (Wildman–Crippen LogP) is 0.887. The van der Waals surface area contributed by atoms with E-state index in [1.165, 1.54) is 0 Å². The maximum absolute atomic E-state index is 11.4. The molecular weight excluding hydrogens is 248 g/mol. The Morgan fingerprint density at radius 1 is 1.37 bits per heavy atom. The Kier molecular flexibility index (Phi) is 8.71. The summed E-state index contributed by atoms with van der Waals surface area (Å²) in [7, 11) is 1.56. The molecule has 0 radical (unpaired) electrons. The van der Waals surface area contributed by atoms with Crippen LogP contribution in [0.4, 0.5) is 4.79 Å². The minimum absolute atomic E-state index is 0.113. The van der Waals surface area contributed by atoms with Crippen LogP contribution in [-0.4, -0.2) is 55.8 Å². The lowest BCUT2D eigenvalue weighted by Gasteiger charge is -2.21. The number of hydrogen-bond donors (Lipinski definition) is 3. The number of methoxy groups -OCH3 is 1. The van der Waals surface area contributed by atoms with Crippen molar-refractivity contribution in [2.45, 2.75) is 51.9 Å². The van der Waals surface area contributed by atoms with Crippen molar-refractivity contribution < 1.29 is 19.4 Å². The predicted molar refractivity (Wildman–Crippen MR) is 74.2 cm³/mol. The minimum atomic E-state index is -0.481. The van der Waals surface area contributed by atoms with Crippen molar-refractivity contribution in [3.63, 3.8) is 0 Å². The molecule has 0 aliphatic carbocycles. The van der Waals surface area contributed by atoms with E-state index in [-0.39, 0.29) is 6.04 Å². The first-order valence-corrected chi connectivity index (χ1v) is 6.62. The van der Waals surface area contributed by atoms with Crippen LogP contribution in [0.5, 0.6) is 0 Å². The largest absolute Gasteiger partial charge is 0.444 e. The van der Waals surface area contributed by atoms with Gasteiger partial charge in [-0.3, -0.25) is 0 Å². The number of hydrogen-bond acceptors (Lipinski definition) is 5. The highest BCUT2D eigenvalue weighted by Gasteiger charge is 2.16. The van der Waals surface area contributed by atoms with Gasteiger partial charge in [-0.15, -0.1) is 0 Å². The lowest BCUT2D eigenvalue weighted by Crippen LogP contribution is -2.42. The highest BCUT2D eigenvalue weighted by molar-refractivity contribution is 5.67. The summed E-state index contributed by atoms with van der Waals surface area (Å²) in [6, 6.07) is 0.113. The van der Waals surface area contributed by atoms with Gasteiger partial charge in [0.1, 0.15) is 5.60 Å². The summed E-state index contributed by atoms with van der Waals surface area (Å²) in [6.07, 6.45) is -0.256. The zero-order chi connectivity index (χ0) is 14.9. The van der Waals surface area contributed by atoms with Crippen LogP contribution in [0.15, 0.2) is 0 Å². The molecule has 0 aromatic rings. The van der Waals surface area contributed by atoms with Gasteiger partial charge in [0.05, 0.1) is 12.7 Å². The number of alkyl carbamates (subject to hydrolysis) is 1. The molecule has 6 nitrogen and oxygen atoms in total. The van der Waals surface area contributed by atoms with Gasteiger partial charge in [0.2, 0.25) is 0 Å². The molecule has 0 heterocycles. The number of aliphatic hydroxyl groups is 1. The molecular formula is C13H28N2O4. The van der Waals surface area contributed by atoms with Gasteiger partial charge in [0, 0.05) is 19.7 Å². The molecule has 2 atom stereocenters. The van der Waals surface area contributed by atoms with Crippen LogP contribution in [0.3, 0.4) is 0 Å². The van der Waals surface area contributed by atoms with E-state index in [0.29, 0.717) is 26.1 Å². The third-order valence-electron chi connectivity index (χ3n) is 2.28. The second-order valence-corrected chi connectivity index (χ2v) is 5.64. The van der Waals surface area contributed by atoms with E-state index >= 15 is 0 Å². The van der Waals surface area contributed by atoms with E-state index in [1.807, 2.05) is 27.7 Å². The first-order valence-electron chi connectivity index (χ1n) is 6.62. The van der Waals surface area contributed by atoms with Crippen molar-refractivity contribution in [2.75, 3.05) is 26.8 Å². The molecule has 0 rings (SSSR count). The highest BCUT2D eigenvalue weighted by atomic mass is 16.6. The van der Waals surface area contributed by atoms with Gasteiger partial charge in [-0.2, -0.15) is 0 Å². The molecule has 0 fully saturated rings. The zero-order valence-electron chi connectivity index (χ0n) is 12.7. The van der Waals surface area contributed by atoms with Gasteiger partial charge < -0.3 is 25.2 Å². The smallest absolute Gasteiger partial charge is 0.407 e. The number of rotatable bonds is 8. The normalized spacial score (nSPS) is 14.8. The molecule has 6 heteroatoms. The fourth-order valence-electron chi connectivity index (χ4n) is 1.39. The van der Waals surface area contributed by atoms with Gasteiger partial charge in [-0.05, 0) is 40.7 Å². The van der Waals surface area contributed by atoms with Crippen molar-refractivity contribution in [2.24, 2.45) is 0 Å². The van der Waals surface area contributed by atoms with Crippen LogP contribution >= 0.6 is 0 Å². The fraction of sp³-hybridized carbons (Fsp3) is 0.923. The van der Waals surface area contributed by atoms with Crippen molar-refractivity contribution in [1.29, 1.82) is 0 Å². The molecule has 3 N–H and O–H groups in total. The van der Waals surface area contributed by atoms with E-state index in [9.17, 15) is 9.90 Å². The minimum Gasteiger partial charge on any atom is -0.444 e. The van der Waals surface area contributed by atoms with Crippen LogP contribution in [0.1, 0.15) is 34.1 Å². The molecule has 0 bridgehead atoms. The average Bonchev–Trinajstić information content (AvgIpc) is 2.24. The monoisotopic (exact) mass is 276 g/mol. The summed E-state index contributed by atoms with van der Waals surface area (Å²) in [5, 5.41) is 15.3. The van der Waals surface area contributed by atoms with Gasteiger partial charge in [-0.1, -0.05) is 0 Å². The van der Waals surface area contributed by atoms with Gasteiger partial charge in [0.15, 0.2) is 0 Å². The number of nitrogens with one attached hydrogen (secondary N) is 2. The molecule has 1 amide bonds. The second kappa shape index (κ2) is 9.12. The summed E-state index contributed by atoms with van der Waals surface area (Å²) in [5.41, 5.74) is -0.481. The van der Waals surface area contributed by atoms with Crippen LogP contribution < -0.4 is 10.6 Å². The van der Waals surface area contributed by atoms with E-state index < -0.39 is 17.8 Å². The third kappa shape index (κ3) is 11.9. The van der Waals surface area contributed by atoms with Gasteiger partial charge in [0.25, 0.3) is 0 Å². The van der Waals surface area contributed by atoms with Crippen molar-refractivity contribution in [1.82, 2.24) is 10.6 Å². The third-order valence-corrected chi connectivity index (χ3v) is 2.28. The lowest BCUT2D eigenvalue weighted by atomic mass is 10.2. The summed E-state index contributed by atoms with van der Waals surface area (Å²) < 4.78 is 9.96. The SMILES string of the molecule is COCC(O)CCNC(C)CNC(=O)OC(C)(C)C. The second-order valence-electron chi connectivity index (χ2n) is 5.64. The summed E-state index contributed by atoms with van der Waals surface area (Å²) in [5.74, 6) is 0. The number of carbonyl (C=O) groups excluding carboxylic acids is 1. The topological polar surface area (TPSA) is 79.8 Å². The fourth-order valence-corrected chi connectivity index (χ4v) is 1.39. The van der Waals surface area contributed by atoms with Crippen LogP contribution in [-0.2, 0) is 9.47 Å². The summed E-state index contributed by atoms with van der Waals surface area (Å²) in [6.45, 7) is 8.92. The first-order chi connectivity index (χ1) is 8.74. The Morgan fingerprint density at radius 3 is 2.53 bits per heavy atom. The Balaban J connectivity index is 3.64. The molecule has 0 aromatic carbocycles. The van der Waals surface area contributed by atoms with Crippen molar-refractivity contribution in [3.8, 4) is 0 Å². The maximum atomic E-state index is 11.4. The standard InChI is InChI=1S/C13H28N2O4/c1-10(14-7-6-11(16)9-18-5)8-15-12(17)19-13(2,3)4/h10-11,14,16H,6-9H2,1-5H3,(H,15,17). The number of ether oxygens (including phenoxy) is 2. The van der Waals surface area contributed by atoms with Gasteiger partial charge >= 0.3 is 6.09 Å². The van der Waals surface area contributed by atoms with E-state index in [2.05, 4.69) is 10.6 Å². The Labute approximate surface area is 115 Å². The lowest BCUT2D eigenvalue weighted by molar-refractivity contribution is 0.0518. The van der Waals surface area contributed by atoms with Crippen LogP contribution in [0.2, 0.25) is 0 Å². The van der Waals surface area contributed by atoms with Gasteiger partial charge in [-0.25, -0.2) is 4.79 Å². The quantitative estimate of drug-likeness (QED) is 0.613. The summed E-state index contributed by atoms with van der Waals surface area (Å²) in [4.78, 5) is 11.4. The molecule has 114 valence electrons. The van der Waals surface area contributed by atoms with Crippen molar-refractivity contribution in [3.05, 3.63) is 0 Å². The van der Waals surface area contributed by atoms with E-state index in [0.717, 1.165) is 0 Å². The average molecular weight is 276 g/mol. The first kappa shape index (κ1) is 18.1. The Bertz CT molecular complexity index is 254. The molecule has 0 saturated carbocycles. The summed E-state index contributed by atoms with van der Waals surface area (Å²) >= 11 is 0. The van der Waals surface area contributed by atoms with E-state index in [1.54, 1.807) is 7.11 Å².